The van der Waals surface area contributed by atoms with Crippen LogP contribution in [-0.4, -0.2) is 55.2 Å². The van der Waals surface area contributed by atoms with Crippen LogP contribution < -0.4 is 15.5 Å². The third kappa shape index (κ3) is 8.08. The zero-order chi connectivity index (χ0) is 18.9. The highest BCUT2D eigenvalue weighted by Gasteiger charge is 2.25. The molecule has 1 aliphatic heterocycles. The lowest BCUT2D eigenvalue weighted by Gasteiger charge is -2.20. The van der Waals surface area contributed by atoms with Gasteiger partial charge >= 0.3 is 5.97 Å². The minimum absolute atomic E-state index is 0. The predicted octanol–water partition coefficient (Wildman–Crippen LogP) is 2.83. The number of hydrogen-bond donors (Lipinski definition) is 2. The Kier molecular flexibility index (Phi) is 10.8. The highest BCUT2D eigenvalue weighted by atomic mass is 127. The Hall–Kier alpha value is -1.29. The number of aliphatic imine (C=N–C) groups is 1. The average molecular weight is 510 g/mol. The summed E-state index contributed by atoms with van der Waals surface area (Å²) >= 11 is 6.24. The lowest BCUT2D eigenvalue weighted by atomic mass is 10.3. The smallest absolute Gasteiger partial charge is 0.307 e. The molecule has 2 heterocycles. The molecular weight excluding hydrogens is 481 g/mol. The van der Waals surface area contributed by atoms with E-state index in [-0.39, 0.29) is 48.5 Å². The van der Waals surface area contributed by atoms with Crippen LogP contribution in [0.2, 0.25) is 5.02 Å². The van der Waals surface area contributed by atoms with Gasteiger partial charge in [-0.25, -0.2) is 4.98 Å². The van der Waals surface area contributed by atoms with Gasteiger partial charge in [-0.1, -0.05) is 11.6 Å². The number of carbonyl (C=O) groups excluding carboxylic acids is 1. The van der Waals surface area contributed by atoms with E-state index in [0.717, 1.165) is 31.9 Å². The van der Waals surface area contributed by atoms with E-state index in [1.165, 1.54) is 0 Å². The molecule has 0 aromatic carbocycles. The molecule has 1 aromatic rings. The topological polar surface area (TPSA) is 78.8 Å². The first kappa shape index (κ1) is 23.7. The minimum atomic E-state index is -0.226. The second kappa shape index (κ2) is 12.2. The Morgan fingerprint density at radius 1 is 1.52 bits per heavy atom. The normalized spacial score (nSPS) is 16.9. The van der Waals surface area contributed by atoms with Crippen molar-refractivity contribution in [2.24, 2.45) is 4.99 Å². The summed E-state index contributed by atoms with van der Waals surface area (Å²) in [5.74, 6) is 1.30. The van der Waals surface area contributed by atoms with E-state index in [1.54, 1.807) is 6.20 Å². The third-order valence-corrected chi connectivity index (χ3v) is 4.16. The fourth-order valence-electron chi connectivity index (χ4n) is 2.77. The second-order valence-electron chi connectivity index (χ2n) is 6.43. The third-order valence-electron chi connectivity index (χ3n) is 3.86. The van der Waals surface area contributed by atoms with Crippen LogP contribution >= 0.6 is 35.6 Å². The van der Waals surface area contributed by atoms with E-state index in [9.17, 15) is 4.79 Å². The number of pyridine rings is 1. The van der Waals surface area contributed by atoms with Gasteiger partial charge in [-0.2, -0.15) is 0 Å². The van der Waals surface area contributed by atoms with Crippen LogP contribution in [0.1, 0.15) is 33.6 Å². The molecule has 2 N–H and O–H groups in total. The largest absolute Gasteiger partial charge is 0.463 e. The van der Waals surface area contributed by atoms with Crippen molar-refractivity contribution < 1.29 is 9.53 Å². The molecule has 0 amide bonds. The monoisotopic (exact) mass is 509 g/mol. The molecular formula is C18H29ClIN5O2. The van der Waals surface area contributed by atoms with Gasteiger partial charge in [0, 0.05) is 31.9 Å². The van der Waals surface area contributed by atoms with Crippen LogP contribution in [0.25, 0.3) is 0 Å². The van der Waals surface area contributed by atoms with Crippen LogP contribution in [-0.2, 0) is 9.53 Å². The highest BCUT2D eigenvalue weighted by molar-refractivity contribution is 14.0. The van der Waals surface area contributed by atoms with Gasteiger partial charge in [0.1, 0.15) is 5.82 Å². The number of hydrogen-bond acceptors (Lipinski definition) is 5. The Morgan fingerprint density at radius 3 is 2.96 bits per heavy atom. The van der Waals surface area contributed by atoms with E-state index in [2.05, 4.69) is 25.5 Å². The van der Waals surface area contributed by atoms with Crippen molar-refractivity contribution in [2.75, 3.05) is 31.1 Å². The molecule has 1 atom stereocenters. The lowest BCUT2D eigenvalue weighted by molar-refractivity contribution is -0.147. The number of anilines is 1. The molecule has 9 heteroatoms. The van der Waals surface area contributed by atoms with Crippen molar-refractivity contribution in [2.45, 2.75) is 45.8 Å². The molecule has 1 saturated heterocycles. The summed E-state index contributed by atoms with van der Waals surface area (Å²) in [6.45, 7) is 8.52. The lowest BCUT2D eigenvalue weighted by Crippen LogP contribution is -2.44. The second-order valence-corrected chi connectivity index (χ2v) is 6.84. The number of esters is 1. The Morgan fingerprint density at radius 2 is 2.30 bits per heavy atom. The van der Waals surface area contributed by atoms with E-state index >= 15 is 0 Å². The number of rotatable bonds is 7. The molecule has 1 fully saturated rings. The zero-order valence-electron chi connectivity index (χ0n) is 16.1. The summed E-state index contributed by atoms with van der Waals surface area (Å²) in [5, 5.41) is 7.31. The van der Waals surface area contributed by atoms with Gasteiger partial charge in [-0.15, -0.1) is 24.0 Å². The van der Waals surface area contributed by atoms with Crippen LogP contribution in [0.3, 0.4) is 0 Å². The van der Waals surface area contributed by atoms with Gasteiger partial charge in [-0.05, 0) is 39.3 Å². The molecule has 0 radical (unpaired) electrons. The number of nitrogens with one attached hydrogen (secondary N) is 2. The van der Waals surface area contributed by atoms with Crippen LogP contribution in [0, 0.1) is 0 Å². The molecule has 0 spiro atoms. The molecule has 2 rings (SSSR count). The fraction of sp³-hybridized carbons (Fsp3) is 0.611. The number of carbonyl (C=O) groups is 1. The maximum Gasteiger partial charge on any atom is 0.307 e. The van der Waals surface area contributed by atoms with Gasteiger partial charge in [0.05, 0.1) is 24.1 Å². The van der Waals surface area contributed by atoms with E-state index in [4.69, 9.17) is 16.3 Å². The average Bonchev–Trinajstić information content (AvgIpc) is 3.03. The highest BCUT2D eigenvalue weighted by Crippen LogP contribution is 2.25. The zero-order valence-corrected chi connectivity index (χ0v) is 19.2. The predicted molar refractivity (Wildman–Crippen MR) is 120 cm³/mol. The summed E-state index contributed by atoms with van der Waals surface area (Å²) in [6, 6.07) is 3.93. The number of nitrogens with zero attached hydrogens (tertiary/aromatic N) is 3. The molecule has 1 unspecified atom stereocenters. The van der Waals surface area contributed by atoms with Gasteiger partial charge in [0.15, 0.2) is 5.96 Å². The number of ether oxygens (including phenoxy) is 1. The standard InChI is InChI=1S/C18H28ClN5O2.HI/c1-4-20-18(22-10-7-16(25)26-13(2)3)23-14-8-11-24(12-14)17-15(19)6-5-9-21-17;/h5-6,9,13-14H,4,7-8,10-12H2,1-3H3,(H2,20,22,23);1H. The first-order valence-electron chi connectivity index (χ1n) is 9.09. The van der Waals surface area contributed by atoms with Crippen LogP contribution in [0.15, 0.2) is 23.3 Å². The number of halogens is 2. The van der Waals surface area contributed by atoms with Crippen LogP contribution in [0.5, 0.6) is 0 Å². The summed E-state index contributed by atoms with van der Waals surface area (Å²) in [6.07, 6.45) is 2.90. The molecule has 27 heavy (non-hydrogen) atoms. The Balaban J connectivity index is 0.00000364. The van der Waals surface area contributed by atoms with E-state index in [1.807, 2.05) is 32.9 Å². The molecule has 152 valence electrons. The van der Waals surface area contributed by atoms with Gasteiger partial charge < -0.3 is 20.3 Å². The molecule has 1 aromatic heterocycles. The summed E-state index contributed by atoms with van der Waals surface area (Å²) in [7, 11) is 0. The van der Waals surface area contributed by atoms with Crippen molar-refractivity contribution in [3.05, 3.63) is 23.4 Å². The maximum atomic E-state index is 11.6. The summed E-state index contributed by atoms with van der Waals surface area (Å²) < 4.78 is 5.12. The quantitative estimate of drug-likeness (QED) is 0.255. The maximum absolute atomic E-state index is 11.6. The summed E-state index contributed by atoms with van der Waals surface area (Å²) in [5.41, 5.74) is 0. The van der Waals surface area contributed by atoms with E-state index in [0.29, 0.717) is 17.5 Å². The van der Waals surface area contributed by atoms with Gasteiger partial charge in [0.2, 0.25) is 0 Å². The fourth-order valence-corrected chi connectivity index (χ4v) is 3.02. The van der Waals surface area contributed by atoms with Crippen LogP contribution in [0.4, 0.5) is 5.82 Å². The molecule has 1 aliphatic rings. The number of aromatic nitrogens is 1. The SMILES string of the molecule is CCNC(=NCCC(=O)OC(C)C)NC1CCN(c2ncccc2Cl)C1.I. The van der Waals surface area contributed by atoms with Crippen molar-refractivity contribution in [1.29, 1.82) is 0 Å². The Labute approximate surface area is 183 Å². The molecule has 0 bridgehead atoms. The van der Waals surface area contributed by atoms with Gasteiger partial charge in [0.25, 0.3) is 0 Å². The summed E-state index contributed by atoms with van der Waals surface area (Å²) in [4.78, 5) is 22.6. The number of guanidine groups is 1. The van der Waals surface area contributed by atoms with Crippen molar-refractivity contribution >= 4 is 53.3 Å². The van der Waals surface area contributed by atoms with Gasteiger partial charge in [-0.3, -0.25) is 9.79 Å². The van der Waals surface area contributed by atoms with Crippen molar-refractivity contribution in [3.63, 3.8) is 0 Å². The first-order chi connectivity index (χ1) is 12.5. The molecule has 7 nitrogen and oxygen atoms in total. The molecule has 0 saturated carbocycles. The minimum Gasteiger partial charge on any atom is -0.463 e. The molecule has 0 aliphatic carbocycles. The Bertz CT molecular complexity index is 630. The van der Waals surface area contributed by atoms with E-state index < -0.39 is 0 Å². The first-order valence-corrected chi connectivity index (χ1v) is 9.47. The van der Waals surface area contributed by atoms with Crippen molar-refractivity contribution in [1.82, 2.24) is 15.6 Å². The van der Waals surface area contributed by atoms with Crippen molar-refractivity contribution in [3.8, 4) is 0 Å².